The number of hydrogen-bond donors (Lipinski definition) is 1. The first-order valence-corrected chi connectivity index (χ1v) is 10.1. The molecule has 0 spiro atoms. The molecular formula is C23H20F3N5O2. The smallest absolute Gasteiger partial charge is 0.277 e. The lowest BCUT2D eigenvalue weighted by atomic mass is 10.1. The largest absolute Gasteiger partial charge is 0.494 e. The molecule has 1 atom stereocenters. The Bertz CT molecular complexity index is 1270. The number of benzene rings is 2. The first-order chi connectivity index (χ1) is 15.9. The molecule has 0 bridgehead atoms. The average Bonchev–Trinajstić information content (AvgIpc) is 3.43. The minimum Gasteiger partial charge on any atom is -0.494 e. The first-order valence-electron chi connectivity index (χ1n) is 10.1. The standard InChI is InChI=1S/C23H20F3N5O2/c1-27-14-8-9-30(12-14)23(32)20-21(26)31(15-5-7-19(33-3)17(25)11-15)22(29-20)13-4-6-18(28-2)16(24)10-13/h4-7,10-11,14,27H,8-9,12H2,1,3H3/t14-/m0/s1. The van der Waals surface area contributed by atoms with E-state index in [2.05, 4.69) is 15.1 Å². The molecule has 10 heteroatoms. The molecule has 0 aliphatic carbocycles. The second kappa shape index (κ2) is 8.96. The van der Waals surface area contributed by atoms with E-state index in [1.165, 1.54) is 36.3 Å². The van der Waals surface area contributed by atoms with Gasteiger partial charge in [-0.3, -0.25) is 9.36 Å². The molecule has 7 nitrogen and oxygen atoms in total. The summed E-state index contributed by atoms with van der Waals surface area (Å²) in [6, 6.07) is 7.52. The van der Waals surface area contributed by atoms with Gasteiger partial charge in [0.15, 0.2) is 17.3 Å². The van der Waals surface area contributed by atoms with Crippen LogP contribution >= 0.6 is 0 Å². The van der Waals surface area contributed by atoms with Crippen molar-refractivity contribution in [2.45, 2.75) is 12.5 Å². The number of rotatable bonds is 5. The van der Waals surface area contributed by atoms with Crippen molar-refractivity contribution in [3.63, 3.8) is 0 Å². The molecule has 2 aromatic carbocycles. The zero-order chi connectivity index (χ0) is 23.7. The third-order valence-corrected chi connectivity index (χ3v) is 5.63. The molecule has 1 aromatic heterocycles. The molecule has 2 heterocycles. The third kappa shape index (κ3) is 4.03. The highest BCUT2D eigenvalue weighted by atomic mass is 19.1. The number of likely N-dealkylation sites (tertiary alicyclic amines) is 1. The molecule has 1 N–H and O–H groups in total. The number of ether oxygens (including phenoxy) is 1. The minimum absolute atomic E-state index is 0.0385. The summed E-state index contributed by atoms with van der Waals surface area (Å²) < 4.78 is 50.2. The van der Waals surface area contributed by atoms with Crippen LogP contribution in [0.5, 0.6) is 5.75 Å². The van der Waals surface area contributed by atoms with E-state index < -0.39 is 29.2 Å². The fourth-order valence-electron chi connectivity index (χ4n) is 3.83. The molecular weight excluding hydrogens is 435 g/mol. The lowest BCUT2D eigenvalue weighted by molar-refractivity contribution is 0.0779. The number of nitrogens with one attached hydrogen (secondary N) is 1. The Hall–Kier alpha value is -3.84. The van der Waals surface area contributed by atoms with E-state index in [1.54, 1.807) is 7.05 Å². The van der Waals surface area contributed by atoms with Crippen LogP contribution in [-0.2, 0) is 0 Å². The topological polar surface area (TPSA) is 63.8 Å². The Labute approximate surface area is 188 Å². The van der Waals surface area contributed by atoms with Gasteiger partial charge in [0.05, 0.1) is 19.4 Å². The highest BCUT2D eigenvalue weighted by molar-refractivity contribution is 5.93. The lowest BCUT2D eigenvalue weighted by Crippen LogP contribution is -2.34. The summed E-state index contributed by atoms with van der Waals surface area (Å²) in [4.78, 5) is 21.8. The molecule has 4 rings (SSSR count). The molecule has 0 radical (unpaired) electrons. The Morgan fingerprint density at radius 1 is 1.21 bits per heavy atom. The number of imidazole rings is 1. The van der Waals surface area contributed by atoms with Gasteiger partial charge in [-0.05, 0) is 31.7 Å². The van der Waals surface area contributed by atoms with E-state index >= 15 is 4.39 Å². The number of methoxy groups -OCH3 is 1. The van der Waals surface area contributed by atoms with Crippen LogP contribution in [0.25, 0.3) is 21.9 Å². The number of aromatic nitrogens is 2. The number of hydrogen-bond acceptors (Lipinski definition) is 4. The maximum absolute atomic E-state index is 15.6. The van der Waals surface area contributed by atoms with E-state index in [4.69, 9.17) is 11.3 Å². The maximum atomic E-state index is 15.6. The number of amides is 1. The predicted molar refractivity (Wildman–Crippen MR) is 115 cm³/mol. The average molecular weight is 455 g/mol. The fourth-order valence-corrected chi connectivity index (χ4v) is 3.83. The zero-order valence-corrected chi connectivity index (χ0v) is 17.9. The quantitative estimate of drug-likeness (QED) is 0.592. The normalized spacial score (nSPS) is 15.5. The van der Waals surface area contributed by atoms with Crippen LogP contribution < -0.4 is 10.1 Å². The molecule has 0 saturated carbocycles. The van der Waals surface area contributed by atoms with Gasteiger partial charge in [-0.1, -0.05) is 12.1 Å². The zero-order valence-electron chi connectivity index (χ0n) is 17.9. The van der Waals surface area contributed by atoms with E-state index in [0.717, 1.165) is 16.7 Å². The van der Waals surface area contributed by atoms with Gasteiger partial charge in [0, 0.05) is 30.8 Å². The van der Waals surface area contributed by atoms with Crippen molar-refractivity contribution >= 4 is 11.6 Å². The Morgan fingerprint density at radius 3 is 2.61 bits per heavy atom. The Morgan fingerprint density at radius 2 is 2.00 bits per heavy atom. The first kappa shape index (κ1) is 22.4. The van der Waals surface area contributed by atoms with Gasteiger partial charge < -0.3 is 15.0 Å². The van der Waals surface area contributed by atoms with Gasteiger partial charge in [0.1, 0.15) is 11.6 Å². The van der Waals surface area contributed by atoms with Crippen LogP contribution in [0.2, 0.25) is 0 Å². The van der Waals surface area contributed by atoms with Crippen LogP contribution in [0.1, 0.15) is 16.9 Å². The minimum atomic E-state index is -0.998. The second-order valence-electron chi connectivity index (χ2n) is 7.53. The number of carbonyl (C=O) groups excluding carboxylic acids is 1. The van der Waals surface area contributed by atoms with Crippen LogP contribution in [0, 0.1) is 24.2 Å². The summed E-state index contributed by atoms with van der Waals surface area (Å²) in [5.74, 6) is -3.31. The van der Waals surface area contributed by atoms with Crippen molar-refractivity contribution in [3.05, 3.63) is 71.1 Å². The van der Waals surface area contributed by atoms with Crippen molar-refractivity contribution in [1.82, 2.24) is 19.8 Å². The van der Waals surface area contributed by atoms with E-state index in [-0.39, 0.29) is 34.6 Å². The molecule has 1 amide bonds. The number of likely N-dealkylation sites (N-methyl/N-ethyl adjacent to an activating group) is 1. The van der Waals surface area contributed by atoms with Gasteiger partial charge in [-0.25, -0.2) is 18.6 Å². The van der Waals surface area contributed by atoms with E-state index in [9.17, 15) is 13.6 Å². The number of halogens is 3. The summed E-state index contributed by atoms with van der Waals surface area (Å²) >= 11 is 0. The molecule has 1 fully saturated rings. The Kier molecular flexibility index (Phi) is 6.07. The van der Waals surface area contributed by atoms with Crippen molar-refractivity contribution in [1.29, 1.82) is 0 Å². The molecule has 1 aliphatic rings. The van der Waals surface area contributed by atoms with Gasteiger partial charge >= 0.3 is 0 Å². The molecule has 0 unspecified atom stereocenters. The number of carbonyl (C=O) groups is 1. The summed E-state index contributed by atoms with van der Waals surface area (Å²) in [6.45, 7) is 7.84. The summed E-state index contributed by atoms with van der Waals surface area (Å²) in [7, 11) is 3.08. The van der Waals surface area contributed by atoms with Gasteiger partial charge in [-0.15, -0.1) is 0 Å². The molecule has 1 aliphatic heterocycles. The monoisotopic (exact) mass is 455 g/mol. The summed E-state index contributed by atoms with van der Waals surface area (Å²) in [6.07, 6.45) is 0.713. The maximum Gasteiger partial charge on any atom is 0.277 e. The Balaban J connectivity index is 1.86. The molecule has 3 aromatic rings. The van der Waals surface area contributed by atoms with Crippen molar-refractivity contribution in [2.24, 2.45) is 0 Å². The second-order valence-corrected chi connectivity index (χ2v) is 7.53. The van der Waals surface area contributed by atoms with Crippen molar-refractivity contribution in [3.8, 4) is 22.8 Å². The molecule has 33 heavy (non-hydrogen) atoms. The SMILES string of the molecule is [C-]#[N+]c1ccc(-c2nc(C(=O)N3CC[C@H](NC)C3)c(F)n2-c2ccc(OC)c(F)c2)cc1F. The summed E-state index contributed by atoms with van der Waals surface area (Å²) in [5, 5.41) is 3.08. The van der Waals surface area contributed by atoms with Gasteiger partial charge in [0.2, 0.25) is 11.6 Å². The van der Waals surface area contributed by atoms with Gasteiger partial charge in [0.25, 0.3) is 5.91 Å². The van der Waals surface area contributed by atoms with E-state index in [1.807, 2.05) is 0 Å². The van der Waals surface area contributed by atoms with Crippen molar-refractivity contribution in [2.75, 3.05) is 27.2 Å². The fraction of sp³-hybridized carbons (Fsp3) is 0.261. The third-order valence-electron chi connectivity index (χ3n) is 5.63. The van der Waals surface area contributed by atoms with Crippen LogP contribution in [-0.4, -0.2) is 53.6 Å². The summed E-state index contributed by atoms with van der Waals surface area (Å²) in [5.41, 5.74) is -0.493. The molecule has 1 saturated heterocycles. The van der Waals surface area contributed by atoms with E-state index in [0.29, 0.717) is 19.5 Å². The van der Waals surface area contributed by atoms with Crippen LogP contribution in [0.4, 0.5) is 18.9 Å². The highest BCUT2D eigenvalue weighted by Gasteiger charge is 2.32. The van der Waals surface area contributed by atoms with Crippen molar-refractivity contribution < 1.29 is 22.7 Å². The highest BCUT2D eigenvalue weighted by Crippen LogP contribution is 2.31. The number of nitrogens with zero attached hydrogens (tertiary/aromatic N) is 4. The van der Waals surface area contributed by atoms with Crippen LogP contribution in [0.3, 0.4) is 0 Å². The van der Waals surface area contributed by atoms with Crippen LogP contribution in [0.15, 0.2) is 36.4 Å². The predicted octanol–water partition coefficient (Wildman–Crippen LogP) is 3.95. The van der Waals surface area contributed by atoms with Gasteiger partial charge in [-0.2, -0.15) is 4.39 Å². The lowest BCUT2D eigenvalue weighted by Gasteiger charge is -2.15. The molecule has 170 valence electrons.